The number of rotatable bonds is 4. The zero-order valence-electron chi connectivity index (χ0n) is 10.8. The predicted octanol–water partition coefficient (Wildman–Crippen LogP) is 3.13. The summed E-state index contributed by atoms with van der Waals surface area (Å²) in [5.74, 6) is 0. The molecule has 2 aromatic carbocycles. The van der Waals surface area contributed by atoms with E-state index in [2.05, 4.69) is 0 Å². The minimum Gasteiger partial charge on any atom is -0.258 e. The quantitative estimate of drug-likeness (QED) is 0.628. The maximum Gasteiger partial charge on any atom is 0.349 e. The summed E-state index contributed by atoms with van der Waals surface area (Å²) in [6, 6.07) is 4.77. The average molecular weight is 291 g/mol. The van der Waals surface area contributed by atoms with Crippen molar-refractivity contribution >= 4 is 27.8 Å². The second-order valence-corrected chi connectivity index (χ2v) is 4.25. The summed E-state index contributed by atoms with van der Waals surface area (Å²) in [6.45, 7) is 1.63. The number of nitro groups is 3. The third-order valence-corrected chi connectivity index (χ3v) is 3.12. The Balaban J connectivity index is 2.93. The standard InChI is InChI=1S/C12H9N3O6/c1-2-9-10-4-3-8(13(16)17)5-7(10)6-11(14(18)19)12(9)15(20)21/h3-6H,2H2,1H3. The monoisotopic (exact) mass is 291 g/mol. The van der Waals surface area contributed by atoms with Crippen molar-refractivity contribution in [3.63, 3.8) is 0 Å². The highest BCUT2D eigenvalue weighted by Crippen LogP contribution is 2.38. The fraction of sp³-hybridized carbons (Fsp3) is 0.167. The molecule has 0 aliphatic rings. The molecule has 0 radical (unpaired) electrons. The Morgan fingerprint density at radius 2 is 1.62 bits per heavy atom. The van der Waals surface area contributed by atoms with Crippen LogP contribution in [0, 0.1) is 30.3 Å². The van der Waals surface area contributed by atoms with Crippen molar-refractivity contribution in [3.8, 4) is 0 Å². The van der Waals surface area contributed by atoms with E-state index in [9.17, 15) is 30.3 Å². The lowest BCUT2D eigenvalue weighted by atomic mass is 9.99. The first-order chi connectivity index (χ1) is 9.86. The maximum absolute atomic E-state index is 11.1. The van der Waals surface area contributed by atoms with Crippen LogP contribution < -0.4 is 0 Å². The van der Waals surface area contributed by atoms with Crippen molar-refractivity contribution in [1.29, 1.82) is 0 Å². The molecule has 0 saturated heterocycles. The van der Waals surface area contributed by atoms with Crippen LogP contribution in [0.4, 0.5) is 17.1 Å². The fourth-order valence-corrected chi connectivity index (χ4v) is 2.26. The molecule has 0 unspecified atom stereocenters. The second-order valence-electron chi connectivity index (χ2n) is 4.25. The van der Waals surface area contributed by atoms with E-state index in [1.165, 1.54) is 18.2 Å². The summed E-state index contributed by atoms with van der Waals surface area (Å²) >= 11 is 0. The topological polar surface area (TPSA) is 129 Å². The number of hydrogen-bond donors (Lipinski definition) is 0. The van der Waals surface area contributed by atoms with E-state index in [1.54, 1.807) is 6.92 Å². The lowest BCUT2D eigenvalue weighted by Gasteiger charge is -2.06. The van der Waals surface area contributed by atoms with Gasteiger partial charge in [-0.05, 0) is 23.3 Å². The molecule has 0 amide bonds. The molecule has 9 heteroatoms. The molecule has 0 N–H and O–H groups in total. The highest BCUT2D eigenvalue weighted by molar-refractivity contribution is 5.93. The highest BCUT2D eigenvalue weighted by Gasteiger charge is 2.30. The van der Waals surface area contributed by atoms with Gasteiger partial charge in [0.2, 0.25) is 0 Å². The van der Waals surface area contributed by atoms with Crippen LogP contribution in [0.2, 0.25) is 0 Å². The number of non-ortho nitro benzene ring substituents is 1. The highest BCUT2D eigenvalue weighted by atomic mass is 16.6. The SMILES string of the molecule is CCc1c([N+](=O)[O-])c([N+](=O)[O-])cc2cc([N+](=O)[O-])ccc12. The average Bonchev–Trinajstić information content (AvgIpc) is 2.43. The van der Waals surface area contributed by atoms with Gasteiger partial charge in [-0.15, -0.1) is 0 Å². The number of fused-ring (bicyclic) bond motifs is 1. The summed E-state index contributed by atoms with van der Waals surface area (Å²) in [6.07, 6.45) is 0.201. The molecule has 0 aliphatic carbocycles. The maximum atomic E-state index is 11.1. The molecule has 0 spiro atoms. The molecule has 0 aliphatic heterocycles. The zero-order valence-corrected chi connectivity index (χ0v) is 10.8. The second kappa shape index (κ2) is 5.12. The Bertz CT molecular complexity index is 786. The van der Waals surface area contributed by atoms with Gasteiger partial charge in [-0.1, -0.05) is 6.92 Å². The lowest BCUT2D eigenvalue weighted by molar-refractivity contribution is -0.422. The molecule has 0 aromatic heterocycles. The van der Waals surface area contributed by atoms with Gasteiger partial charge in [0.1, 0.15) is 0 Å². The van der Waals surface area contributed by atoms with Gasteiger partial charge in [-0.25, -0.2) is 0 Å². The van der Waals surface area contributed by atoms with E-state index >= 15 is 0 Å². The normalized spacial score (nSPS) is 10.5. The van der Waals surface area contributed by atoms with Gasteiger partial charge in [0, 0.05) is 23.8 Å². The molecule has 2 aromatic rings. The van der Waals surface area contributed by atoms with Crippen LogP contribution in [0.15, 0.2) is 24.3 Å². The van der Waals surface area contributed by atoms with Gasteiger partial charge in [-0.2, -0.15) is 0 Å². The summed E-state index contributed by atoms with van der Waals surface area (Å²) in [7, 11) is 0. The largest absolute Gasteiger partial charge is 0.349 e. The van der Waals surface area contributed by atoms with Crippen molar-refractivity contribution in [1.82, 2.24) is 0 Å². The van der Waals surface area contributed by atoms with Gasteiger partial charge in [0.15, 0.2) is 0 Å². The molecule has 0 heterocycles. The van der Waals surface area contributed by atoms with Crippen molar-refractivity contribution < 1.29 is 14.8 Å². The molecule has 0 saturated carbocycles. The molecule has 0 fully saturated rings. The molecule has 21 heavy (non-hydrogen) atoms. The molecule has 0 bridgehead atoms. The van der Waals surface area contributed by atoms with Crippen molar-refractivity contribution in [2.75, 3.05) is 0 Å². The minimum atomic E-state index is -0.852. The van der Waals surface area contributed by atoms with E-state index in [0.717, 1.165) is 6.07 Å². The summed E-state index contributed by atoms with van der Waals surface area (Å²) < 4.78 is 0. The summed E-state index contributed by atoms with van der Waals surface area (Å²) in [5, 5.41) is 33.5. The molecule has 0 atom stereocenters. The van der Waals surface area contributed by atoms with Crippen molar-refractivity contribution in [2.45, 2.75) is 13.3 Å². The van der Waals surface area contributed by atoms with Crippen LogP contribution >= 0.6 is 0 Å². The summed E-state index contributed by atoms with van der Waals surface area (Å²) in [5.41, 5.74) is -1.26. The van der Waals surface area contributed by atoms with Crippen molar-refractivity contribution in [2.24, 2.45) is 0 Å². The van der Waals surface area contributed by atoms with Crippen LogP contribution in [0.25, 0.3) is 10.8 Å². The first kappa shape index (κ1) is 14.3. The first-order valence-electron chi connectivity index (χ1n) is 5.89. The van der Waals surface area contributed by atoms with Crippen LogP contribution in [-0.2, 0) is 6.42 Å². The Morgan fingerprint density at radius 3 is 2.10 bits per heavy atom. The Hall–Kier alpha value is -3.10. The van der Waals surface area contributed by atoms with Crippen LogP contribution in [0.1, 0.15) is 12.5 Å². The molecule has 2 rings (SSSR count). The smallest absolute Gasteiger partial charge is 0.258 e. The van der Waals surface area contributed by atoms with Crippen molar-refractivity contribution in [3.05, 3.63) is 60.2 Å². The number of nitrogens with zero attached hydrogens (tertiary/aromatic N) is 3. The number of hydrogen-bond acceptors (Lipinski definition) is 6. The van der Waals surface area contributed by atoms with E-state index < -0.39 is 26.1 Å². The van der Waals surface area contributed by atoms with Gasteiger partial charge in [-0.3, -0.25) is 30.3 Å². The first-order valence-corrected chi connectivity index (χ1v) is 5.89. The number of nitro benzene ring substituents is 3. The fourth-order valence-electron chi connectivity index (χ4n) is 2.26. The third kappa shape index (κ3) is 2.36. The minimum absolute atomic E-state index is 0.194. The number of aryl methyl sites for hydroxylation is 1. The van der Waals surface area contributed by atoms with E-state index in [0.29, 0.717) is 5.39 Å². The van der Waals surface area contributed by atoms with Gasteiger partial charge in [0.05, 0.1) is 14.8 Å². The molecular weight excluding hydrogens is 282 g/mol. The Morgan fingerprint density at radius 1 is 0.952 bits per heavy atom. The zero-order chi connectivity index (χ0) is 15.7. The van der Waals surface area contributed by atoms with Crippen LogP contribution in [-0.4, -0.2) is 14.8 Å². The van der Waals surface area contributed by atoms with E-state index in [1.807, 2.05) is 0 Å². The number of benzene rings is 2. The third-order valence-electron chi connectivity index (χ3n) is 3.12. The van der Waals surface area contributed by atoms with Gasteiger partial charge in [0.25, 0.3) is 5.69 Å². The summed E-state index contributed by atoms with van der Waals surface area (Å²) in [4.78, 5) is 30.6. The van der Waals surface area contributed by atoms with Gasteiger partial charge < -0.3 is 0 Å². The van der Waals surface area contributed by atoms with Crippen LogP contribution in [0.5, 0.6) is 0 Å². The predicted molar refractivity (Wildman–Crippen MR) is 73.3 cm³/mol. The van der Waals surface area contributed by atoms with Gasteiger partial charge >= 0.3 is 11.4 Å². The Labute approximate surface area is 117 Å². The molecule has 108 valence electrons. The lowest BCUT2D eigenvalue weighted by Crippen LogP contribution is -2.02. The molecular formula is C12H9N3O6. The molecule has 9 nitrogen and oxygen atoms in total. The van der Waals surface area contributed by atoms with Crippen LogP contribution in [0.3, 0.4) is 0 Å². The van der Waals surface area contributed by atoms with E-state index in [-0.39, 0.29) is 23.1 Å². The Kier molecular flexibility index (Phi) is 3.49. The van der Waals surface area contributed by atoms with E-state index in [4.69, 9.17) is 0 Å².